The minimum absolute atomic E-state index is 0.0218. The fraction of sp³-hybridized carbons (Fsp3) is 0.333. The monoisotopic (exact) mass is 329 g/mol. The molecule has 1 heterocycles. The van der Waals surface area contributed by atoms with E-state index < -0.39 is 0 Å². The first-order valence-electron chi connectivity index (χ1n) is 7.79. The number of carbonyl (C=O) groups excluding carboxylic acids is 2. The summed E-state index contributed by atoms with van der Waals surface area (Å²) in [7, 11) is 5.74. The number of hydrogen-bond acceptors (Lipinski definition) is 4. The third-order valence-corrected chi connectivity index (χ3v) is 3.67. The van der Waals surface area contributed by atoms with Crippen molar-refractivity contribution in [1.82, 2.24) is 10.2 Å². The van der Waals surface area contributed by atoms with Gasteiger partial charge in [-0.1, -0.05) is 12.1 Å². The summed E-state index contributed by atoms with van der Waals surface area (Å²) in [5.41, 5.74) is 2.18. The number of carbonyl (C=O) groups is 2. The summed E-state index contributed by atoms with van der Waals surface area (Å²) in [4.78, 5) is 27.5. The zero-order chi connectivity index (χ0) is 17.5. The van der Waals surface area contributed by atoms with Crippen molar-refractivity contribution in [1.29, 1.82) is 0 Å². The maximum absolute atomic E-state index is 12.1. The highest BCUT2D eigenvalue weighted by molar-refractivity contribution is 5.91. The molecule has 6 heteroatoms. The van der Waals surface area contributed by atoms with Gasteiger partial charge in [-0.3, -0.25) is 9.59 Å². The highest BCUT2D eigenvalue weighted by Gasteiger charge is 2.12. The molecule has 0 aliphatic carbocycles. The number of nitrogens with one attached hydrogen (secondary N) is 1. The van der Waals surface area contributed by atoms with Crippen LogP contribution in [0.2, 0.25) is 0 Å². The third-order valence-electron chi connectivity index (χ3n) is 3.67. The van der Waals surface area contributed by atoms with Crippen molar-refractivity contribution in [2.45, 2.75) is 13.0 Å². The van der Waals surface area contributed by atoms with Crippen LogP contribution >= 0.6 is 0 Å². The molecule has 2 aromatic rings. The summed E-state index contributed by atoms with van der Waals surface area (Å²) in [6.07, 6.45) is 1.69. The molecule has 0 saturated heterocycles. The molecular formula is C18H23N3O3. The predicted molar refractivity (Wildman–Crippen MR) is 92.9 cm³/mol. The molecule has 1 aromatic carbocycles. The normalized spacial score (nSPS) is 10.3. The minimum Gasteiger partial charge on any atom is -0.459 e. The van der Waals surface area contributed by atoms with Gasteiger partial charge in [0, 0.05) is 46.3 Å². The molecule has 24 heavy (non-hydrogen) atoms. The Labute approximate surface area is 142 Å². The lowest BCUT2D eigenvalue weighted by atomic mass is 10.2. The van der Waals surface area contributed by atoms with Crippen molar-refractivity contribution in [2.24, 2.45) is 0 Å². The summed E-state index contributed by atoms with van der Waals surface area (Å²) in [5.74, 6) is -0.0852. The van der Waals surface area contributed by atoms with Crippen molar-refractivity contribution in [3.8, 4) is 0 Å². The zero-order valence-corrected chi connectivity index (χ0v) is 14.3. The number of hydrogen-bond donors (Lipinski definition) is 1. The van der Waals surface area contributed by atoms with E-state index in [-0.39, 0.29) is 30.5 Å². The average Bonchev–Trinajstić information content (AvgIpc) is 3.09. The summed E-state index contributed by atoms with van der Waals surface area (Å²) < 4.78 is 4.99. The van der Waals surface area contributed by atoms with E-state index in [2.05, 4.69) is 5.32 Å². The molecule has 0 unspecified atom stereocenters. The standard InChI is InChI=1S/C18H23N3O3/c1-20(2)15-8-6-14(7-9-15)13-21(3)17(22)10-11-19-18(23)16-5-4-12-24-16/h4-9,12H,10-11,13H2,1-3H3,(H,19,23). The Morgan fingerprint density at radius 2 is 1.79 bits per heavy atom. The van der Waals surface area contributed by atoms with E-state index in [9.17, 15) is 9.59 Å². The Bertz CT molecular complexity index is 663. The largest absolute Gasteiger partial charge is 0.459 e. The lowest BCUT2D eigenvalue weighted by Gasteiger charge is -2.18. The predicted octanol–water partition coefficient (Wildman–Crippen LogP) is 2.12. The first-order valence-corrected chi connectivity index (χ1v) is 7.79. The van der Waals surface area contributed by atoms with E-state index in [1.54, 1.807) is 24.1 Å². The number of anilines is 1. The Morgan fingerprint density at radius 3 is 2.38 bits per heavy atom. The van der Waals surface area contributed by atoms with Crippen molar-refractivity contribution >= 4 is 17.5 Å². The van der Waals surface area contributed by atoms with Crippen LogP contribution in [0.3, 0.4) is 0 Å². The Hall–Kier alpha value is -2.76. The Morgan fingerprint density at radius 1 is 1.08 bits per heavy atom. The topological polar surface area (TPSA) is 65.8 Å². The molecule has 0 saturated carbocycles. The van der Waals surface area contributed by atoms with E-state index in [4.69, 9.17) is 4.42 Å². The molecule has 2 amide bonds. The van der Waals surface area contributed by atoms with Crippen molar-refractivity contribution in [3.63, 3.8) is 0 Å². The van der Waals surface area contributed by atoms with Crippen LogP contribution in [0.5, 0.6) is 0 Å². The summed E-state index contributed by atoms with van der Waals surface area (Å²) >= 11 is 0. The van der Waals surface area contributed by atoms with Gasteiger partial charge in [0.2, 0.25) is 5.91 Å². The highest BCUT2D eigenvalue weighted by Crippen LogP contribution is 2.13. The smallest absolute Gasteiger partial charge is 0.286 e. The van der Waals surface area contributed by atoms with Crippen LogP contribution in [-0.4, -0.2) is 44.4 Å². The fourth-order valence-corrected chi connectivity index (χ4v) is 2.23. The zero-order valence-electron chi connectivity index (χ0n) is 14.3. The van der Waals surface area contributed by atoms with Crippen LogP contribution in [0.15, 0.2) is 47.1 Å². The average molecular weight is 329 g/mol. The quantitative estimate of drug-likeness (QED) is 0.845. The highest BCUT2D eigenvalue weighted by atomic mass is 16.3. The van der Waals surface area contributed by atoms with Gasteiger partial charge in [0.1, 0.15) is 0 Å². The van der Waals surface area contributed by atoms with Crippen LogP contribution in [0, 0.1) is 0 Å². The number of furan rings is 1. The Kier molecular flexibility index (Phi) is 6.01. The molecule has 2 rings (SSSR count). The molecule has 0 aliphatic heterocycles. The van der Waals surface area contributed by atoms with Gasteiger partial charge in [0.25, 0.3) is 5.91 Å². The van der Waals surface area contributed by atoms with Crippen molar-refractivity contribution in [2.75, 3.05) is 32.6 Å². The van der Waals surface area contributed by atoms with Crippen LogP contribution in [0.4, 0.5) is 5.69 Å². The molecule has 0 atom stereocenters. The van der Waals surface area contributed by atoms with E-state index in [1.807, 2.05) is 43.3 Å². The van der Waals surface area contributed by atoms with Gasteiger partial charge in [-0.05, 0) is 29.8 Å². The molecule has 128 valence electrons. The number of nitrogens with zero attached hydrogens (tertiary/aromatic N) is 2. The van der Waals surface area contributed by atoms with E-state index in [0.29, 0.717) is 6.54 Å². The minimum atomic E-state index is -0.310. The van der Waals surface area contributed by atoms with E-state index in [1.165, 1.54) is 6.26 Å². The van der Waals surface area contributed by atoms with E-state index >= 15 is 0 Å². The lowest BCUT2D eigenvalue weighted by molar-refractivity contribution is -0.130. The van der Waals surface area contributed by atoms with Gasteiger partial charge in [-0.25, -0.2) is 0 Å². The van der Waals surface area contributed by atoms with Gasteiger partial charge in [0.15, 0.2) is 5.76 Å². The second-order valence-corrected chi connectivity index (χ2v) is 5.79. The SMILES string of the molecule is CN(Cc1ccc(N(C)C)cc1)C(=O)CCNC(=O)c1ccco1. The van der Waals surface area contributed by atoms with E-state index in [0.717, 1.165) is 11.3 Å². The molecule has 0 fully saturated rings. The fourth-order valence-electron chi connectivity index (χ4n) is 2.23. The van der Waals surface area contributed by atoms with Crippen molar-refractivity contribution in [3.05, 3.63) is 54.0 Å². The van der Waals surface area contributed by atoms with Gasteiger partial charge in [-0.15, -0.1) is 0 Å². The van der Waals surface area contributed by atoms with Gasteiger partial charge < -0.3 is 19.5 Å². The molecule has 0 bridgehead atoms. The first kappa shape index (κ1) is 17.6. The third kappa shape index (κ3) is 4.87. The molecule has 0 radical (unpaired) electrons. The lowest BCUT2D eigenvalue weighted by Crippen LogP contribution is -2.31. The van der Waals surface area contributed by atoms with Gasteiger partial charge in [0.05, 0.1) is 6.26 Å². The molecular weight excluding hydrogens is 306 g/mol. The maximum Gasteiger partial charge on any atom is 0.286 e. The van der Waals surface area contributed by atoms with Crippen LogP contribution < -0.4 is 10.2 Å². The number of amides is 2. The Balaban J connectivity index is 1.76. The first-order chi connectivity index (χ1) is 11.5. The van der Waals surface area contributed by atoms with Crippen LogP contribution in [0.25, 0.3) is 0 Å². The molecule has 6 nitrogen and oxygen atoms in total. The van der Waals surface area contributed by atoms with Crippen LogP contribution in [-0.2, 0) is 11.3 Å². The molecule has 0 spiro atoms. The molecule has 1 aromatic heterocycles. The summed E-state index contributed by atoms with van der Waals surface area (Å²) in [6, 6.07) is 11.3. The van der Waals surface area contributed by atoms with Gasteiger partial charge in [-0.2, -0.15) is 0 Å². The molecule has 1 N–H and O–H groups in total. The second kappa shape index (κ2) is 8.19. The number of rotatable bonds is 7. The van der Waals surface area contributed by atoms with Gasteiger partial charge >= 0.3 is 0 Å². The second-order valence-electron chi connectivity index (χ2n) is 5.79. The maximum atomic E-state index is 12.1. The van der Waals surface area contributed by atoms with Crippen molar-refractivity contribution < 1.29 is 14.0 Å². The number of benzene rings is 1. The molecule has 0 aliphatic rings. The summed E-state index contributed by atoms with van der Waals surface area (Å²) in [6.45, 7) is 0.820. The van der Waals surface area contributed by atoms with Crippen LogP contribution in [0.1, 0.15) is 22.5 Å². The summed E-state index contributed by atoms with van der Waals surface area (Å²) in [5, 5.41) is 2.67.